The molecule has 12 rings (SSSR count). The van der Waals surface area contributed by atoms with Gasteiger partial charge < -0.3 is 4.42 Å². The normalized spacial score (nSPS) is 12.8. The number of nitrogens with zero attached hydrogens (tertiary/aromatic N) is 3. The Kier molecular flexibility index (Phi) is 7.72. The van der Waals surface area contributed by atoms with Crippen LogP contribution in [0.3, 0.4) is 0 Å². The van der Waals surface area contributed by atoms with Crippen LogP contribution in [0.15, 0.2) is 217 Å². The summed E-state index contributed by atoms with van der Waals surface area (Å²) in [5.74, 6) is 1.91. The quantitative estimate of drug-likeness (QED) is 0.169. The van der Waals surface area contributed by atoms with Crippen LogP contribution in [0.2, 0.25) is 0 Å². The number of furan rings is 1. The molecule has 280 valence electrons. The zero-order valence-electron chi connectivity index (χ0n) is 32.5. The van der Waals surface area contributed by atoms with E-state index in [0.717, 1.165) is 60.5 Å². The van der Waals surface area contributed by atoms with E-state index in [1.54, 1.807) is 0 Å². The lowest BCUT2D eigenvalue weighted by molar-refractivity contribution is 0.668. The molecule has 0 fully saturated rings. The number of hydrogen-bond acceptors (Lipinski definition) is 4. The molecule has 4 heteroatoms. The zero-order chi connectivity index (χ0) is 39.6. The van der Waals surface area contributed by atoms with E-state index in [0.29, 0.717) is 17.5 Å². The highest BCUT2D eigenvalue weighted by Gasteiger charge is 2.46. The van der Waals surface area contributed by atoms with Crippen LogP contribution in [0.4, 0.5) is 0 Å². The van der Waals surface area contributed by atoms with Crippen LogP contribution >= 0.6 is 0 Å². The van der Waals surface area contributed by atoms with Gasteiger partial charge >= 0.3 is 0 Å². The van der Waals surface area contributed by atoms with E-state index in [1.807, 2.05) is 60.7 Å². The van der Waals surface area contributed by atoms with Gasteiger partial charge in [0.15, 0.2) is 17.5 Å². The van der Waals surface area contributed by atoms with Gasteiger partial charge in [0, 0.05) is 27.5 Å². The number of fused-ring (bicyclic) bond motifs is 7. The lowest BCUT2D eigenvalue weighted by Crippen LogP contribution is -2.28. The van der Waals surface area contributed by atoms with Crippen LogP contribution in [-0.4, -0.2) is 15.0 Å². The second kappa shape index (κ2) is 13.6. The van der Waals surface area contributed by atoms with Crippen molar-refractivity contribution in [3.8, 4) is 56.4 Å². The largest absolute Gasteiger partial charge is 0.456 e. The molecule has 0 saturated heterocycles. The number of aromatic nitrogens is 3. The standard InChI is InChI=1S/C56H35N3O/c1-4-17-36(18-5-1)53-57-54(37-19-6-2-7-20-37)59-55(58-53)46-29-15-25-40-41(26-14-27-42(40)46)45-28-16-32-51-52(45)47-35-39(33-34-50(47)60-51)56(38-21-8-3-9-22-38)48-30-12-10-23-43(48)44-24-11-13-31-49(44)56/h1-35H. The molecule has 0 bridgehead atoms. The molecule has 1 aliphatic rings. The van der Waals surface area contributed by atoms with E-state index >= 15 is 0 Å². The Hall–Kier alpha value is -7.95. The van der Waals surface area contributed by atoms with E-state index in [9.17, 15) is 0 Å². The molecule has 2 heterocycles. The summed E-state index contributed by atoms with van der Waals surface area (Å²) in [6.07, 6.45) is 0. The highest BCUT2D eigenvalue weighted by molar-refractivity contribution is 6.16. The van der Waals surface area contributed by atoms with Crippen LogP contribution in [0, 0.1) is 0 Å². The highest BCUT2D eigenvalue weighted by Crippen LogP contribution is 2.56. The Bertz CT molecular complexity index is 3330. The van der Waals surface area contributed by atoms with Crippen molar-refractivity contribution in [2.45, 2.75) is 5.41 Å². The molecular formula is C56H35N3O. The third-order valence-electron chi connectivity index (χ3n) is 12.2. The molecule has 0 spiro atoms. The molecule has 4 nitrogen and oxygen atoms in total. The Balaban J connectivity index is 1.08. The lowest BCUT2D eigenvalue weighted by atomic mass is 9.67. The second-order valence-electron chi connectivity index (χ2n) is 15.4. The van der Waals surface area contributed by atoms with Crippen molar-refractivity contribution in [3.05, 3.63) is 235 Å². The fraction of sp³-hybridized carbons (Fsp3) is 0.0179. The van der Waals surface area contributed by atoms with Gasteiger partial charge in [0.25, 0.3) is 0 Å². The predicted molar refractivity (Wildman–Crippen MR) is 244 cm³/mol. The summed E-state index contributed by atoms with van der Waals surface area (Å²) < 4.78 is 6.70. The van der Waals surface area contributed by atoms with Gasteiger partial charge in [-0.05, 0) is 73.5 Å². The van der Waals surface area contributed by atoms with Gasteiger partial charge in [-0.25, -0.2) is 15.0 Å². The summed E-state index contributed by atoms with van der Waals surface area (Å²) in [7, 11) is 0. The predicted octanol–water partition coefficient (Wildman–Crippen LogP) is 14.0. The van der Waals surface area contributed by atoms with E-state index in [1.165, 1.54) is 33.4 Å². The van der Waals surface area contributed by atoms with Gasteiger partial charge in [0.1, 0.15) is 11.2 Å². The average molecular weight is 766 g/mol. The van der Waals surface area contributed by atoms with Crippen molar-refractivity contribution in [1.29, 1.82) is 0 Å². The van der Waals surface area contributed by atoms with Gasteiger partial charge in [-0.2, -0.15) is 0 Å². The molecule has 11 aromatic rings. The molecule has 9 aromatic carbocycles. The monoisotopic (exact) mass is 765 g/mol. The molecule has 0 atom stereocenters. The maximum Gasteiger partial charge on any atom is 0.164 e. The molecule has 0 saturated carbocycles. The van der Waals surface area contributed by atoms with Crippen molar-refractivity contribution >= 4 is 32.7 Å². The van der Waals surface area contributed by atoms with Crippen molar-refractivity contribution in [2.24, 2.45) is 0 Å². The molecule has 2 aromatic heterocycles. The number of benzene rings is 9. The average Bonchev–Trinajstić information content (AvgIpc) is 3.86. The zero-order valence-corrected chi connectivity index (χ0v) is 32.5. The summed E-state index contributed by atoms with van der Waals surface area (Å²) in [5.41, 5.74) is 13.8. The van der Waals surface area contributed by atoms with E-state index in [2.05, 4.69) is 152 Å². The molecule has 0 N–H and O–H groups in total. The first-order chi connectivity index (χ1) is 29.8. The number of rotatable bonds is 6. The van der Waals surface area contributed by atoms with Crippen LogP contribution in [-0.2, 0) is 5.41 Å². The first-order valence-corrected chi connectivity index (χ1v) is 20.4. The number of hydrogen-bond donors (Lipinski definition) is 0. The molecular weight excluding hydrogens is 731 g/mol. The first kappa shape index (κ1) is 34.1. The third kappa shape index (κ3) is 5.14. The van der Waals surface area contributed by atoms with Crippen molar-refractivity contribution in [3.63, 3.8) is 0 Å². The minimum absolute atomic E-state index is 0.517. The summed E-state index contributed by atoms with van der Waals surface area (Å²) in [4.78, 5) is 15.2. The van der Waals surface area contributed by atoms with E-state index in [4.69, 9.17) is 19.4 Å². The molecule has 60 heavy (non-hydrogen) atoms. The summed E-state index contributed by atoms with van der Waals surface area (Å²) >= 11 is 0. The lowest BCUT2D eigenvalue weighted by Gasteiger charge is -2.33. The smallest absolute Gasteiger partial charge is 0.164 e. The minimum Gasteiger partial charge on any atom is -0.456 e. The van der Waals surface area contributed by atoms with Gasteiger partial charge in [-0.15, -0.1) is 0 Å². The second-order valence-corrected chi connectivity index (χ2v) is 15.4. The Labute approximate surface area is 347 Å². The summed E-state index contributed by atoms with van der Waals surface area (Å²) in [5, 5.41) is 4.34. The highest BCUT2D eigenvalue weighted by atomic mass is 16.3. The van der Waals surface area contributed by atoms with E-state index < -0.39 is 5.41 Å². The summed E-state index contributed by atoms with van der Waals surface area (Å²) in [6.45, 7) is 0. The Morgan fingerprint density at radius 3 is 1.47 bits per heavy atom. The fourth-order valence-electron chi connectivity index (χ4n) is 9.67. The van der Waals surface area contributed by atoms with Crippen LogP contribution < -0.4 is 0 Å². The van der Waals surface area contributed by atoms with Gasteiger partial charge in [-0.1, -0.05) is 194 Å². The maximum absolute atomic E-state index is 6.70. The minimum atomic E-state index is -0.517. The van der Waals surface area contributed by atoms with Crippen molar-refractivity contribution in [2.75, 3.05) is 0 Å². The van der Waals surface area contributed by atoms with Crippen LogP contribution in [0.25, 0.3) is 89.1 Å². The molecule has 0 amide bonds. The van der Waals surface area contributed by atoms with Crippen LogP contribution in [0.5, 0.6) is 0 Å². The van der Waals surface area contributed by atoms with Crippen LogP contribution in [0.1, 0.15) is 22.3 Å². The molecule has 0 unspecified atom stereocenters. The van der Waals surface area contributed by atoms with Crippen molar-refractivity contribution in [1.82, 2.24) is 15.0 Å². The Morgan fingerprint density at radius 2 is 0.817 bits per heavy atom. The fourth-order valence-corrected chi connectivity index (χ4v) is 9.67. The SMILES string of the molecule is c1ccc(-c2nc(-c3ccccc3)nc(-c3cccc4c(-c5cccc6oc7ccc(C8(c9ccccc9)c9ccccc9-c9ccccc98)cc7c56)cccc34)n2)cc1. The van der Waals surface area contributed by atoms with Gasteiger partial charge in [0.2, 0.25) is 0 Å². The summed E-state index contributed by atoms with van der Waals surface area (Å²) in [6, 6.07) is 75.2. The topological polar surface area (TPSA) is 51.8 Å². The Morgan fingerprint density at radius 1 is 0.317 bits per heavy atom. The molecule has 0 radical (unpaired) electrons. The van der Waals surface area contributed by atoms with Gasteiger partial charge in [0.05, 0.1) is 5.41 Å². The van der Waals surface area contributed by atoms with Crippen molar-refractivity contribution < 1.29 is 4.42 Å². The maximum atomic E-state index is 6.70. The first-order valence-electron chi connectivity index (χ1n) is 20.4. The van der Waals surface area contributed by atoms with E-state index in [-0.39, 0.29) is 0 Å². The van der Waals surface area contributed by atoms with Gasteiger partial charge in [-0.3, -0.25) is 0 Å². The third-order valence-corrected chi connectivity index (χ3v) is 12.2. The molecule has 1 aliphatic carbocycles. The molecule has 0 aliphatic heterocycles.